The van der Waals surface area contributed by atoms with Gasteiger partial charge in [-0.25, -0.2) is 0 Å². The van der Waals surface area contributed by atoms with E-state index in [0.717, 1.165) is 12.0 Å². The molecular formula is C16H22N4O7. The van der Waals surface area contributed by atoms with Crippen LogP contribution in [0.15, 0.2) is 12.1 Å². The minimum absolute atomic E-state index is 0.447. The molecule has 1 atom stereocenters. The molecule has 1 aliphatic carbocycles. The number of phenolic OH excluding ortho intramolecular Hbond substituents is 1. The van der Waals surface area contributed by atoms with Crippen molar-refractivity contribution in [2.24, 2.45) is 5.92 Å². The summed E-state index contributed by atoms with van der Waals surface area (Å²) in [5.74, 6) is -0.170. The van der Waals surface area contributed by atoms with Crippen molar-refractivity contribution in [3.8, 4) is 5.75 Å². The van der Waals surface area contributed by atoms with E-state index in [4.69, 9.17) is 5.11 Å². The lowest BCUT2D eigenvalue weighted by molar-refractivity contribution is -0.404. The van der Waals surface area contributed by atoms with Crippen molar-refractivity contribution >= 4 is 17.1 Å². The van der Waals surface area contributed by atoms with Gasteiger partial charge in [0, 0.05) is 6.04 Å². The Morgan fingerprint density at radius 2 is 1.37 bits per heavy atom. The Balaban J connectivity index is 0.000000206. The van der Waals surface area contributed by atoms with Crippen molar-refractivity contribution in [1.82, 2.24) is 5.32 Å². The molecule has 0 aromatic heterocycles. The van der Waals surface area contributed by atoms with E-state index in [1.165, 1.54) is 51.5 Å². The zero-order valence-electron chi connectivity index (χ0n) is 14.7. The van der Waals surface area contributed by atoms with Crippen molar-refractivity contribution in [3.63, 3.8) is 0 Å². The Morgan fingerprint density at radius 1 is 0.852 bits per heavy atom. The first-order chi connectivity index (χ1) is 12.8. The van der Waals surface area contributed by atoms with Gasteiger partial charge in [-0.1, -0.05) is 19.3 Å². The topological polar surface area (TPSA) is 162 Å². The molecule has 0 radical (unpaired) electrons. The summed E-state index contributed by atoms with van der Waals surface area (Å²) >= 11 is 0. The standard InChI is InChI=1S/C10H19N.C6H3N3O7/c1-2-6-9(5-1)10-7-3-4-8-11-10;10-6-4(8(13)14)1-3(7(11)12)2-5(6)9(15)16/h9-11H,1-8H2;1-2,10H. The highest BCUT2D eigenvalue weighted by Crippen LogP contribution is 2.39. The number of aromatic hydroxyl groups is 1. The van der Waals surface area contributed by atoms with Gasteiger partial charge < -0.3 is 10.4 Å². The molecule has 1 saturated heterocycles. The fraction of sp³-hybridized carbons (Fsp3) is 0.625. The molecule has 11 nitrogen and oxygen atoms in total. The maximum absolute atomic E-state index is 10.4. The van der Waals surface area contributed by atoms with Crippen molar-refractivity contribution in [2.45, 2.75) is 51.0 Å². The van der Waals surface area contributed by atoms with Gasteiger partial charge in [-0.3, -0.25) is 30.3 Å². The van der Waals surface area contributed by atoms with Gasteiger partial charge in [-0.2, -0.15) is 0 Å². The Bertz CT molecular complexity index is 678. The number of piperidine rings is 1. The number of nitrogens with zero attached hydrogens (tertiary/aromatic N) is 3. The Morgan fingerprint density at radius 3 is 1.78 bits per heavy atom. The summed E-state index contributed by atoms with van der Waals surface area (Å²) < 4.78 is 0. The predicted octanol–water partition coefficient (Wildman–Crippen LogP) is 3.44. The molecule has 1 saturated carbocycles. The van der Waals surface area contributed by atoms with E-state index >= 15 is 0 Å². The molecule has 3 rings (SSSR count). The van der Waals surface area contributed by atoms with E-state index in [2.05, 4.69) is 5.32 Å². The Hall–Kier alpha value is -2.82. The fourth-order valence-electron chi connectivity index (χ4n) is 3.61. The minimum atomic E-state index is -1.21. The summed E-state index contributed by atoms with van der Waals surface area (Å²) in [5.41, 5.74) is -3.00. The lowest BCUT2D eigenvalue weighted by atomic mass is 9.91. The first-order valence-corrected chi connectivity index (χ1v) is 8.84. The molecule has 1 aliphatic heterocycles. The summed E-state index contributed by atoms with van der Waals surface area (Å²) in [7, 11) is 0. The zero-order valence-corrected chi connectivity index (χ0v) is 14.7. The molecule has 2 fully saturated rings. The van der Waals surface area contributed by atoms with Crippen LogP contribution < -0.4 is 5.32 Å². The van der Waals surface area contributed by atoms with E-state index in [1.807, 2.05) is 0 Å². The van der Waals surface area contributed by atoms with Crippen LogP contribution in [-0.4, -0.2) is 32.5 Å². The highest BCUT2D eigenvalue weighted by Gasteiger charge is 2.30. The van der Waals surface area contributed by atoms with Crippen LogP contribution >= 0.6 is 0 Å². The van der Waals surface area contributed by atoms with Crippen LogP contribution in [0.5, 0.6) is 5.75 Å². The average molecular weight is 382 g/mol. The molecule has 1 unspecified atom stereocenters. The van der Waals surface area contributed by atoms with Crippen LogP contribution in [0, 0.1) is 36.3 Å². The van der Waals surface area contributed by atoms with Crippen molar-refractivity contribution in [1.29, 1.82) is 0 Å². The number of nitro benzene ring substituents is 3. The van der Waals surface area contributed by atoms with E-state index in [1.54, 1.807) is 0 Å². The second-order valence-electron chi connectivity index (χ2n) is 6.70. The Kier molecular flexibility index (Phi) is 6.99. The van der Waals surface area contributed by atoms with Crippen LogP contribution in [0.1, 0.15) is 44.9 Å². The highest BCUT2D eigenvalue weighted by atomic mass is 16.6. The maximum atomic E-state index is 10.4. The average Bonchev–Trinajstić information content (AvgIpc) is 3.17. The monoisotopic (exact) mass is 382 g/mol. The third-order valence-electron chi connectivity index (χ3n) is 4.98. The summed E-state index contributed by atoms with van der Waals surface area (Å²) in [6, 6.07) is 1.79. The first-order valence-electron chi connectivity index (χ1n) is 8.84. The van der Waals surface area contributed by atoms with Gasteiger partial charge in [0.1, 0.15) is 0 Å². The molecule has 2 aliphatic rings. The molecule has 11 heteroatoms. The maximum Gasteiger partial charge on any atom is 0.324 e. The second kappa shape index (κ2) is 9.21. The van der Waals surface area contributed by atoms with Crippen LogP contribution in [-0.2, 0) is 0 Å². The lowest BCUT2D eigenvalue weighted by Gasteiger charge is -2.28. The molecule has 0 bridgehead atoms. The van der Waals surface area contributed by atoms with Crippen LogP contribution in [0.3, 0.4) is 0 Å². The molecule has 0 spiro atoms. The van der Waals surface area contributed by atoms with Crippen LogP contribution in [0.2, 0.25) is 0 Å². The highest BCUT2D eigenvalue weighted by molar-refractivity contribution is 5.64. The molecule has 27 heavy (non-hydrogen) atoms. The lowest BCUT2D eigenvalue weighted by Crippen LogP contribution is -2.38. The summed E-state index contributed by atoms with van der Waals surface area (Å²) in [6.45, 7) is 1.28. The molecular weight excluding hydrogens is 360 g/mol. The van der Waals surface area contributed by atoms with Crippen molar-refractivity contribution in [2.75, 3.05) is 6.54 Å². The van der Waals surface area contributed by atoms with Gasteiger partial charge in [-0.05, 0) is 38.1 Å². The van der Waals surface area contributed by atoms with Crippen molar-refractivity contribution in [3.05, 3.63) is 42.5 Å². The summed E-state index contributed by atoms with van der Waals surface area (Å²) in [6.07, 6.45) is 10.3. The molecule has 148 valence electrons. The minimum Gasteiger partial charge on any atom is -0.497 e. The van der Waals surface area contributed by atoms with E-state index in [-0.39, 0.29) is 0 Å². The molecule has 2 N–H and O–H groups in total. The number of benzene rings is 1. The predicted molar refractivity (Wildman–Crippen MR) is 95.7 cm³/mol. The molecule has 1 heterocycles. The summed E-state index contributed by atoms with van der Waals surface area (Å²) in [5, 5.41) is 43.9. The van der Waals surface area contributed by atoms with Gasteiger partial charge in [-0.15, -0.1) is 0 Å². The molecule has 0 amide bonds. The van der Waals surface area contributed by atoms with Gasteiger partial charge in [0.05, 0.1) is 26.9 Å². The van der Waals surface area contributed by atoms with Crippen LogP contribution in [0.4, 0.5) is 17.1 Å². The molecule has 1 aromatic rings. The van der Waals surface area contributed by atoms with Gasteiger partial charge in [0.25, 0.3) is 11.4 Å². The number of phenols is 1. The normalized spacial score (nSPS) is 19.8. The third-order valence-corrected chi connectivity index (χ3v) is 4.98. The SMILES string of the molecule is C1CCC(C2CCCC2)NC1.O=[N+]([O-])c1cc([N+](=O)[O-])c(O)c([N+](=O)[O-])c1. The van der Waals surface area contributed by atoms with E-state index in [0.29, 0.717) is 12.1 Å². The number of non-ortho nitro benzene ring substituents is 1. The third kappa shape index (κ3) is 5.33. The first kappa shape index (κ1) is 20.5. The van der Waals surface area contributed by atoms with Crippen LogP contribution in [0.25, 0.3) is 0 Å². The largest absolute Gasteiger partial charge is 0.497 e. The molecule has 1 aromatic carbocycles. The number of nitrogens with one attached hydrogen (secondary N) is 1. The van der Waals surface area contributed by atoms with E-state index in [9.17, 15) is 30.3 Å². The number of rotatable bonds is 4. The van der Waals surface area contributed by atoms with Gasteiger partial charge >= 0.3 is 11.4 Å². The Labute approximate surface area is 154 Å². The smallest absolute Gasteiger partial charge is 0.324 e. The second-order valence-corrected chi connectivity index (χ2v) is 6.70. The number of nitro groups is 3. The fourth-order valence-corrected chi connectivity index (χ4v) is 3.61. The zero-order chi connectivity index (χ0) is 20.0. The number of hydrogen-bond acceptors (Lipinski definition) is 8. The van der Waals surface area contributed by atoms with Gasteiger partial charge in [0.2, 0.25) is 0 Å². The number of hydrogen-bond donors (Lipinski definition) is 2. The van der Waals surface area contributed by atoms with Crippen molar-refractivity contribution < 1.29 is 19.9 Å². The van der Waals surface area contributed by atoms with E-state index < -0.39 is 37.6 Å². The van der Waals surface area contributed by atoms with Gasteiger partial charge in [0.15, 0.2) is 0 Å². The quantitative estimate of drug-likeness (QED) is 0.591. The summed E-state index contributed by atoms with van der Waals surface area (Å²) in [4.78, 5) is 27.8.